The first-order chi connectivity index (χ1) is 17.8. The molecule has 0 aliphatic rings. The number of carbonyl (C=O) groups excluding carboxylic acids is 2. The molecule has 0 radical (unpaired) electrons. The Labute approximate surface area is 220 Å². The van der Waals surface area contributed by atoms with Crippen LogP contribution in [-0.4, -0.2) is 30.7 Å². The molecule has 0 aromatic heterocycles. The van der Waals surface area contributed by atoms with Gasteiger partial charge in [0.15, 0.2) is 11.5 Å². The van der Waals surface area contributed by atoms with Gasteiger partial charge in [0, 0.05) is 10.6 Å². The maximum absolute atomic E-state index is 13.1. The predicted octanol–water partition coefficient (Wildman–Crippen LogP) is 5.36. The van der Waals surface area contributed by atoms with Crippen LogP contribution in [0.25, 0.3) is 0 Å². The third kappa shape index (κ3) is 8.32. The Hall–Kier alpha value is -3.91. The van der Waals surface area contributed by atoms with E-state index in [-0.39, 0.29) is 11.5 Å². The summed E-state index contributed by atoms with van der Waals surface area (Å²) in [5.74, 6) is -0.498. The van der Waals surface area contributed by atoms with Crippen LogP contribution < -0.4 is 20.2 Å². The molecule has 0 aliphatic heterocycles. The highest BCUT2D eigenvalue weighted by Crippen LogP contribution is 2.29. The number of rotatable bonds is 11. The minimum atomic E-state index is -0.836. The van der Waals surface area contributed by atoms with Crippen molar-refractivity contribution in [2.75, 3.05) is 6.61 Å². The molecule has 0 saturated heterocycles. The van der Waals surface area contributed by atoms with Crippen molar-refractivity contribution in [1.82, 2.24) is 10.7 Å². The second kappa shape index (κ2) is 13.4. The van der Waals surface area contributed by atoms with Crippen LogP contribution in [0.3, 0.4) is 0 Å². The van der Waals surface area contributed by atoms with Crippen LogP contribution in [0.4, 0.5) is 4.39 Å². The van der Waals surface area contributed by atoms with Gasteiger partial charge in [0.1, 0.15) is 18.5 Å². The van der Waals surface area contributed by atoms with Gasteiger partial charge in [-0.2, -0.15) is 5.10 Å². The van der Waals surface area contributed by atoms with Crippen molar-refractivity contribution in [3.63, 3.8) is 0 Å². The summed E-state index contributed by atoms with van der Waals surface area (Å²) < 4.78 is 24.7. The standard InChI is InChI=1S/C28H29ClFN3O4/c1-4-36-25-15-20(7-14-24(25)37-17-19-5-10-22(29)11-6-19)16-31-33-28(35)26(18(2)3)32-27(34)21-8-12-23(30)13-9-21/h5-16,18,26H,4,17H2,1-3H3,(H,32,34)(H,33,35)/b31-16+. The molecular weight excluding hydrogens is 497 g/mol. The molecule has 1 atom stereocenters. The van der Waals surface area contributed by atoms with Gasteiger partial charge in [-0.25, -0.2) is 9.82 Å². The quantitative estimate of drug-likeness (QED) is 0.260. The van der Waals surface area contributed by atoms with E-state index in [4.69, 9.17) is 21.1 Å². The van der Waals surface area contributed by atoms with Crippen molar-refractivity contribution in [3.05, 3.63) is 94.3 Å². The predicted molar refractivity (Wildman–Crippen MR) is 142 cm³/mol. The largest absolute Gasteiger partial charge is 0.490 e. The molecule has 0 aliphatic carbocycles. The second-order valence-corrected chi connectivity index (χ2v) is 8.93. The van der Waals surface area contributed by atoms with Gasteiger partial charge < -0.3 is 14.8 Å². The molecule has 0 heterocycles. The molecule has 3 aromatic carbocycles. The van der Waals surface area contributed by atoms with Gasteiger partial charge in [-0.15, -0.1) is 0 Å². The lowest BCUT2D eigenvalue weighted by Gasteiger charge is -2.20. The summed E-state index contributed by atoms with van der Waals surface area (Å²) >= 11 is 5.93. The molecule has 2 N–H and O–H groups in total. The summed E-state index contributed by atoms with van der Waals surface area (Å²) in [4.78, 5) is 25.2. The lowest BCUT2D eigenvalue weighted by atomic mass is 10.0. The van der Waals surface area contributed by atoms with Crippen LogP contribution in [0, 0.1) is 11.7 Å². The Balaban J connectivity index is 1.62. The van der Waals surface area contributed by atoms with Gasteiger partial charge in [-0.3, -0.25) is 9.59 Å². The molecule has 37 heavy (non-hydrogen) atoms. The van der Waals surface area contributed by atoms with Crippen LogP contribution in [0.1, 0.15) is 42.3 Å². The number of hydrogen-bond acceptors (Lipinski definition) is 5. The Morgan fingerprint density at radius 3 is 2.35 bits per heavy atom. The van der Waals surface area contributed by atoms with E-state index in [2.05, 4.69) is 15.8 Å². The van der Waals surface area contributed by atoms with E-state index < -0.39 is 23.7 Å². The van der Waals surface area contributed by atoms with E-state index in [1.165, 1.54) is 30.5 Å². The SMILES string of the molecule is CCOc1cc(/C=N/NC(=O)C(NC(=O)c2ccc(F)cc2)C(C)C)ccc1OCc1ccc(Cl)cc1. The minimum Gasteiger partial charge on any atom is -0.490 e. The molecule has 0 spiro atoms. The van der Waals surface area contributed by atoms with Crippen LogP contribution in [0.5, 0.6) is 11.5 Å². The Bertz CT molecular complexity index is 1230. The first-order valence-corrected chi connectivity index (χ1v) is 12.2. The summed E-state index contributed by atoms with van der Waals surface area (Å²) in [5, 5.41) is 7.37. The summed E-state index contributed by atoms with van der Waals surface area (Å²) in [7, 11) is 0. The Kier molecular flexibility index (Phi) is 10.0. The molecule has 194 valence electrons. The third-order valence-electron chi connectivity index (χ3n) is 5.31. The fraction of sp³-hybridized carbons (Fsp3) is 0.250. The zero-order chi connectivity index (χ0) is 26.8. The van der Waals surface area contributed by atoms with Crippen LogP contribution in [0.15, 0.2) is 71.8 Å². The van der Waals surface area contributed by atoms with Gasteiger partial charge in [-0.05, 0) is 78.6 Å². The van der Waals surface area contributed by atoms with Crippen molar-refractivity contribution >= 4 is 29.6 Å². The average molecular weight is 526 g/mol. The van der Waals surface area contributed by atoms with Crippen molar-refractivity contribution in [2.24, 2.45) is 11.0 Å². The molecule has 3 aromatic rings. The Morgan fingerprint density at radius 2 is 1.70 bits per heavy atom. The topological polar surface area (TPSA) is 89.0 Å². The summed E-state index contributed by atoms with van der Waals surface area (Å²) in [6, 6.07) is 16.9. The number of benzene rings is 3. The van der Waals surface area contributed by atoms with Gasteiger partial charge in [0.2, 0.25) is 0 Å². The first kappa shape index (κ1) is 27.7. The van der Waals surface area contributed by atoms with Crippen LogP contribution >= 0.6 is 11.6 Å². The van der Waals surface area contributed by atoms with Crippen molar-refractivity contribution in [2.45, 2.75) is 33.4 Å². The first-order valence-electron chi connectivity index (χ1n) is 11.8. The van der Waals surface area contributed by atoms with Crippen LogP contribution in [-0.2, 0) is 11.4 Å². The molecule has 9 heteroatoms. The zero-order valence-electron chi connectivity index (χ0n) is 20.8. The Morgan fingerprint density at radius 1 is 1.00 bits per heavy atom. The maximum atomic E-state index is 13.1. The molecule has 0 saturated carbocycles. The number of nitrogens with zero attached hydrogens (tertiary/aromatic N) is 1. The van der Waals surface area contributed by atoms with Gasteiger partial charge in [0.25, 0.3) is 11.8 Å². The lowest BCUT2D eigenvalue weighted by molar-refractivity contribution is -0.123. The van der Waals surface area contributed by atoms with Gasteiger partial charge in [0.05, 0.1) is 12.8 Å². The van der Waals surface area contributed by atoms with E-state index in [9.17, 15) is 14.0 Å². The molecule has 2 amide bonds. The summed E-state index contributed by atoms with van der Waals surface area (Å²) in [5.41, 5.74) is 4.37. The molecule has 0 bridgehead atoms. The minimum absolute atomic E-state index is 0.207. The molecule has 1 unspecified atom stereocenters. The number of ether oxygens (including phenoxy) is 2. The monoisotopic (exact) mass is 525 g/mol. The lowest BCUT2D eigenvalue weighted by Crippen LogP contribution is -2.48. The highest BCUT2D eigenvalue weighted by molar-refractivity contribution is 6.30. The number of carbonyl (C=O) groups is 2. The van der Waals surface area contributed by atoms with E-state index >= 15 is 0 Å². The highest BCUT2D eigenvalue weighted by Gasteiger charge is 2.24. The summed E-state index contributed by atoms with van der Waals surface area (Å²) in [6.07, 6.45) is 1.47. The zero-order valence-corrected chi connectivity index (χ0v) is 21.6. The fourth-order valence-corrected chi connectivity index (χ4v) is 3.46. The van der Waals surface area contributed by atoms with Gasteiger partial charge >= 0.3 is 0 Å². The second-order valence-electron chi connectivity index (χ2n) is 8.49. The summed E-state index contributed by atoms with van der Waals surface area (Å²) in [6.45, 7) is 6.27. The van der Waals surface area contributed by atoms with Crippen molar-refractivity contribution in [1.29, 1.82) is 0 Å². The average Bonchev–Trinajstić information content (AvgIpc) is 2.88. The normalized spacial score (nSPS) is 11.8. The molecule has 0 fully saturated rings. The third-order valence-corrected chi connectivity index (χ3v) is 5.56. The number of hydrogen-bond donors (Lipinski definition) is 2. The van der Waals surface area contributed by atoms with E-state index in [1.54, 1.807) is 44.2 Å². The van der Waals surface area contributed by atoms with E-state index in [0.29, 0.717) is 35.3 Å². The number of amides is 2. The van der Waals surface area contributed by atoms with Crippen molar-refractivity contribution < 1.29 is 23.5 Å². The van der Waals surface area contributed by atoms with Gasteiger partial charge in [-0.1, -0.05) is 37.6 Å². The maximum Gasteiger partial charge on any atom is 0.262 e. The number of nitrogens with one attached hydrogen (secondary N) is 2. The molecule has 3 rings (SSSR count). The van der Waals surface area contributed by atoms with E-state index in [1.807, 2.05) is 19.1 Å². The smallest absolute Gasteiger partial charge is 0.262 e. The van der Waals surface area contributed by atoms with Crippen molar-refractivity contribution in [3.8, 4) is 11.5 Å². The van der Waals surface area contributed by atoms with Crippen LogP contribution in [0.2, 0.25) is 5.02 Å². The van der Waals surface area contributed by atoms with E-state index in [0.717, 1.165) is 5.56 Å². The number of hydrazone groups is 1. The highest BCUT2D eigenvalue weighted by atomic mass is 35.5. The fourth-order valence-electron chi connectivity index (χ4n) is 3.33. The molecule has 7 nitrogen and oxygen atoms in total. The molecular formula is C28H29ClFN3O4. The number of halogens is 2.